The summed E-state index contributed by atoms with van der Waals surface area (Å²) in [6.07, 6.45) is 1.91. The molecular weight excluding hydrogens is 246 g/mol. The van der Waals surface area contributed by atoms with Gasteiger partial charge in [-0.1, -0.05) is 42.5 Å². The summed E-state index contributed by atoms with van der Waals surface area (Å²) in [6, 6.07) is 22.3. The van der Waals surface area contributed by atoms with Crippen LogP contribution in [0.25, 0.3) is 11.1 Å². The van der Waals surface area contributed by atoms with Crippen molar-refractivity contribution >= 4 is 11.9 Å². The molecule has 3 rings (SSSR count). The molecule has 0 N–H and O–H groups in total. The zero-order valence-electron chi connectivity index (χ0n) is 11.3. The highest BCUT2D eigenvalue weighted by Gasteiger charge is 2.04. The zero-order valence-corrected chi connectivity index (χ0v) is 11.3. The fourth-order valence-electron chi connectivity index (χ4n) is 2.16. The van der Waals surface area contributed by atoms with Crippen molar-refractivity contribution in [2.45, 2.75) is 0 Å². The van der Waals surface area contributed by atoms with Gasteiger partial charge in [-0.25, -0.2) is 0 Å². The minimum Gasteiger partial charge on any atom is -0.497 e. The van der Waals surface area contributed by atoms with Crippen LogP contribution in [-0.4, -0.2) is 13.3 Å². The molecule has 0 fully saturated rings. The Hall–Kier alpha value is -2.61. The molecule has 0 spiro atoms. The third-order valence-electron chi connectivity index (χ3n) is 3.25. The molecule has 1 aromatic carbocycles. The van der Waals surface area contributed by atoms with E-state index in [1.165, 1.54) is 11.1 Å². The summed E-state index contributed by atoms with van der Waals surface area (Å²) >= 11 is 0. The van der Waals surface area contributed by atoms with Crippen LogP contribution in [-0.2, 0) is 0 Å². The number of methoxy groups -OCH3 is 1. The van der Waals surface area contributed by atoms with Crippen molar-refractivity contribution < 1.29 is 4.74 Å². The molecule has 20 heavy (non-hydrogen) atoms. The van der Waals surface area contributed by atoms with Crippen molar-refractivity contribution in [3.8, 4) is 16.9 Å². The average molecular weight is 261 g/mol. The summed E-state index contributed by atoms with van der Waals surface area (Å²) in [4.78, 5) is 4.51. The molecule has 0 amide bonds. The van der Waals surface area contributed by atoms with Crippen LogP contribution in [0, 0.1) is 0 Å². The molecule has 0 aromatic heterocycles. The normalized spacial score (nSPS) is 11.1. The van der Waals surface area contributed by atoms with E-state index in [4.69, 9.17) is 4.74 Å². The van der Waals surface area contributed by atoms with Crippen LogP contribution in [0.2, 0.25) is 0 Å². The quantitative estimate of drug-likeness (QED) is 0.634. The van der Waals surface area contributed by atoms with Crippen molar-refractivity contribution in [2.75, 3.05) is 7.11 Å². The van der Waals surface area contributed by atoms with E-state index in [-0.39, 0.29) is 0 Å². The number of nitrogens with zero attached hydrogens (tertiary/aromatic N) is 1. The second kappa shape index (κ2) is 5.57. The Morgan fingerprint density at radius 3 is 2.45 bits per heavy atom. The number of fused-ring (bicyclic) bond motifs is 1. The first-order chi connectivity index (χ1) is 9.86. The van der Waals surface area contributed by atoms with Crippen LogP contribution in [0.3, 0.4) is 0 Å². The first kappa shape index (κ1) is 12.4. The number of benzene rings is 1. The maximum Gasteiger partial charge on any atom is 0.119 e. The van der Waals surface area contributed by atoms with E-state index in [0.29, 0.717) is 0 Å². The predicted octanol–water partition coefficient (Wildman–Crippen LogP) is 4.55. The largest absolute Gasteiger partial charge is 0.497 e. The lowest BCUT2D eigenvalue weighted by atomic mass is 10.1. The maximum atomic E-state index is 5.14. The lowest BCUT2D eigenvalue weighted by molar-refractivity contribution is 0.415. The summed E-state index contributed by atoms with van der Waals surface area (Å²) in [7, 11) is 1.66. The van der Waals surface area contributed by atoms with Gasteiger partial charge in [-0.3, -0.25) is 4.99 Å². The van der Waals surface area contributed by atoms with Crippen molar-refractivity contribution in [2.24, 2.45) is 4.99 Å². The third-order valence-corrected chi connectivity index (χ3v) is 3.25. The van der Waals surface area contributed by atoms with E-state index in [1.54, 1.807) is 7.11 Å². The van der Waals surface area contributed by atoms with Gasteiger partial charge < -0.3 is 4.74 Å². The highest BCUT2D eigenvalue weighted by atomic mass is 16.5. The minimum atomic E-state index is 0.842. The number of ether oxygens (including phenoxy) is 1. The number of hydrogen-bond donors (Lipinski definition) is 0. The van der Waals surface area contributed by atoms with Gasteiger partial charge in [-0.2, -0.15) is 0 Å². The molecule has 2 aliphatic carbocycles. The molecule has 0 unspecified atom stereocenters. The van der Waals surface area contributed by atoms with E-state index in [9.17, 15) is 0 Å². The van der Waals surface area contributed by atoms with Crippen LogP contribution >= 0.6 is 0 Å². The van der Waals surface area contributed by atoms with Gasteiger partial charge >= 0.3 is 0 Å². The molecule has 0 radical (unpaired) electrons. The van der Waals surface area contributed by atoms with Gasteiger partial charge in [0.1, 0.15) is 5.75 Å². The second-order valence-corrected chi connectivity index (χ2v) is 4.52. The number of hydrogen-bond acceptors (Lipinski definition) is 2. The highest BCUT2D eigenvalue weighted by Crippen LogP contribution is 2.26. The van der Waals surface area contributed by atoms with Crippen LogP contribution in [0.4, 0.5) is 5.69 Å². The van der Waals surface area contributed by atoms with Crippen LogP contribution in [0.5, 0.6) is 5.75 Å². The SMILES string of the molecule is COc1ccc(N=Cc2ccc3cccccc2-3)cc1. The van der Waals surface area contributed by atoms with Crippen molar-refractivity contribution in [3.05, 3.63) is 72.3 Å². The van der Waals surface area contributed by atoms with E-state index in [0.717, 1.165) is 17.0 Å². The summed E-state index contributed by atoms with van der Waals surface area (Å²) < 4.78 is 5.14. The predicted molar refractivity (Wildman–Crippen MR) is 83.3 cm³/mol. The molecule has 2 heteroatoms. The van der Waals surface area contributed by atoms with E-state index >= 15 is 0 Å². The van der Waals surface area contributed by atoms with Gasteiger partial charge in [0.25, 0.3) is 0 Å². The van der Waals surface area contributed by atoms with Crippen LogP contribution in [0.1, 0.15) is 5.56 Å². The fraction of sp³-hybridized carbons (Fsp3) is 0.0556. The van der Waals surface area contributed by atoms with Crippen molar-refractivity contribution in [3.63, 3.8) is 0 Å². The van der Waals surface area contributed by atoms with Gasteiger partial charge in [0.2, 0.25) is 0 Å². The minimum absolute atomic E-state index is 0.842. The number of rotatable bonds is 3. The summed E-state index contributed by atoms with van der Waals surface area (Å²) in [5.74, 6) is 0.842. The molecule has 0 saturated carbocycles. The molecule has 0 aliphatic heterocycles. The Kier molecular flexibility index (Phi) is 3.46. The molecule has 1 aromatic rings. The van der Waals surface area contributed by atoms with Crippen LogP contribution in [0.15, 0.2) is 71.7 Å². The van der Waals surface area contributed by atoms with Gasteiger partial charge in [0.05, 0.1) is 12.8 Å². The monoisotopic (exact) mass is 261 g/mol. The van der Waals surface area contributed by atoms with Crippen molar-refractivity contribution in [1.29, 1.82) is 0 Å². The maximum absolute atomic E-state index is 5.14. The molecule has 0 heterocycles. The Labute approximate surface area is 118 Å². The number of aliphatic imine (C=N–C) groups is 1. The first-order valence-electron chi connectivity index (χ1n) is 6.53. The van der Waals surface area contributed by atoms with Gasteiger partial charge in [0, 0.05) is 11.8 Å². The lowest BCUT2D eigenvalue weighted by Crippen LogP contribution is -1.81. The Morgan fingerprint density at radius 1 is 0.850 bits per heavy atom. The van der Waals surface area contributed by atoms with E-state index in [2.05, 4.69) is 29.3 Å². The van der Waals surface area contributed by atoms with Gasteiger partial charge in [0.15, 0.2) is 0 Å². The van der Waals surface area contributed by atoms with Crippen molar-refractivity contribution in [1.82, 2.24) is 0 Å². The highest BCUT2D eigenvalue weighted by molar-refractivity contribution is 5.93. The molecule has 2 nitrogen and oxygen atoms in total. The third kappa shape index (κ3) is 2.54. The molecule has 0 bridgehead atoms. The smallest absolute Gasteiger partial charge is 0.119 e. The van der Waals surface area contributed by atoms with Crippen LogP contribution < -0.4 is 4.74 Å². The Bertz CT molecular complexity index is 701. The first-order valence-corrected chi connectivity index (χ1v) is 6.53. The molecule has 98 valence electrons. The molecular formula is C18H15NO. The zero-order chi connectivity index (χ0) is 13.8. The average Bonchev–Trinajstić information content (AvgIpc) is 2.72. The molecule has 0 atom stereocenters. The summed E-state index contributed by atoms with van der Waals surface area (Å²) in [5.41, 5.74) is 4.49. The summed E-state index contributed by atoms with van der Waals surface area (Å²) in [5, 5.41) is 0. The Balaban J connectivity index is 1.88. The second-order valence-electron chi connectivity index (χ2n) is 4.52. The molecule has 2 aliphatic rings. The standard InChI is InChI=1S/C18H15NO/c1-20-17-11-9-16(10-12-17)19-13-15-8-7-14-5-3-2-4-6-18(14)15/h2-13H,1H3. The van der Waals surface area contributed by atoms with E-state index in [1.807, 2.05) is 48.7 Å². The topological polar surface area (TPSA) is 21.6 Å². The molecule has 0 saturated heterocycles. The van der Waals surface area contributed by atoms with Gasteiger partial charge in [-0.15, -0.1) is 0 Å². The lowest BCUT2D eigenvalue weighted by Gasteiger charge is -1.99. The van der Waals surface area contributed by atoms with Gasteiger partial charge in [-0.05, 0) is 35.4 Å². The summed E-state index contributed by atoms with van der Waals surface area (Å²) in [6.45, 7) is 0. The van der Waals surface area contributed by atoms with E-state index < -0.39 is 0 Å². The Morgan fingerprint density at radius 2 is 1.65 bits per heavy atom. The fourth-order valence-corrected chi connectivity index (χ4v) is 2.16.